The molecule has 0 saturated heterocycles. The highest BCUT2D eigenvalue weighted by Crippen LogP contribution is 2.39. The van der Waals surface area contributed by atoms with E-state index >= 15 is 0 Å². The molecule has 0 unspecified atom stereocenters. The van der Waals surface area contributed by atoms with Gasteiger partial charge in [0.15, 0.2) is 0 Å². The van der Waals surface area contributed by atoms with E-state index in [2.05, 4.69) is 5.32 Å². The number of nitrogens with zero attached hydrogens (tertiary/aromatic N) is 1. The van der Waals surface area contributed by atoms with Crippen molar-refractivity contribution in [3.05, 3.63) is 23.8 Å². The van der Waals surface area contributed by atoms with Crippen LogP contribution in [-0.4, -0.2) is 20.9 Å². The molecule has 1 fully saturated rings. The summed E-state index contributed by atoms with van der Waals surface area (Å²) < 4.78 is 24.2. The number of hydrogen-bond donors (Lipinski definition) is 2. The van der Waals surface area contributed by atoms with E-state index in [-0.39, 0.29) is 11.8 Å². The molecule has 0 bridgehead atoms. The minimum atomic E-state index is -3.75. The third kappa shape index (κ3) is 2.38. The van der Waals surface area contributed by atoms with Gasteiger partial charge in [-0.3, -0.25) is 9.10 Å². The maximum atomic E-state index is 11.9. The molecule has 1 aromatic rings. The summed E-state index contributed by atoms with van der Waals surface area (Å²) in [5.41, 5.74) is 2.11. The molecular weight excluding hydrogens is 278 g/mol. The first-order valence-corrected chi connectivity index (χ1v) is 8.11. The Hall–Kier alpha value is -1.60. The molecule has 1 aliphatic carbocycles. The van der Waals surface area contributed by atoms with Crippen molar-refractivity contribution >= 4 is 27.5 Å². The molecule has 2 aliphatic rings. The van der Waals surface area contributed by atoms with E-state index in [0.717, 1.165) is 12.0 Å². The summed E-state index contributed by atoms with van der Waals surface area (Å²) in [6.45, 7) is 2.39. The smallest absolute Gasteiger partial charge is 0.299 e. The Morgan fingerprint density at radius 3 is 2.75 bits per heavy atom. The maximum absolute atomic E-state index is 11.9. The van der Waals surface area contributed by atoms with E-state index in [1.807, 2.05) is 13.0 Å². The van der Waals surface area contributed by atoms with Gasteiger partial charge >= 0.3 is 0 Å². The van der Waals surface area contributed by atoms with Gasteiger partial charge in [0.1, 0.15) is 0 Å². The minimum Gasteiger partial charge on any atom is -0.326 e. The topological polar surface area (TPSA) is 92.5 Å². The summed E-state index contributed by atoms with van der Waals surface area (Å²) in [5, 5.41) is 8.03. The van der Waals surface area contributed by atoms with Gasteiger partial charge in [-0.05, 0) is 36.5 Å². The molecule has 2 atom stereocenters. The molecule has 1 aromatic carbocycles. The number of hydrogen-bond acceptors (Lipinski definition) is 3. The minimum absolute atomic E-state index is 0.00222. The largest absolute Gasteiger partial charge is 0.326 e. The van der Waals surface area contributed by atoms with Gasteiger partial charge in [-0.2, -0.15) is 8.42 Å². The maximum Gasteiger partial charge on any atom is 0.299 e. The Kier molecular flexibility index (Phi) is 2.98. The van der Waals surface area contributed by atoms with Crippen molar-refractivity contribution in [3.8, 4) is 0 Å². The fourth-order valence-corrected chi connectivity index (χ4v) is 3.40. The van der Waals surface area contributed by atoms with Crippen molar-refractivity contribution in [3.63, 3.8) is 0 Å². The molecule has 1 saturated carbocycles. The fourth-order valence-electron chi connectivity index (χ4n) is 2.61. The number of fused-ring (bicyclic) bond motifs is 1. The third-order valence-corrected chi connectivity index (χ3v) is 4.95. The molecule has 7 heteroatoms. The number of rotatable bonds is 3. The third-order valence-electron chi connectivity index (χ3n) is 3.96. The lowest BCUT2D eigenvalue weighted by Gasteiger charge is -2.16. The van der Waals surface area contributed by atoms with Gasteiger partial charge in [0.25, 0.3) is 10.2 Å². The number of benzene rings is 1. The Labute approximate surface area is 118 Å². The second-order valence-corrected chi connectivity index (χ2v) is 6.99. The molecule has 0 aromatic heterocycles. The molecule has 0 radical (unpaired) electrons. The van der Waals surface area contributed by atoms with Crippen molar-refractivity contribution in [2.24, 2.45) is 17.0 Å². The normalized spacial score (nSPS) is 24.4. The van der Waals surface area contributed by atoms with E-state index in [9.17, 15) is 13.2 Å². The van der Waals surface area contributed by atoms with Gasteiger partial charge in [0.2, 0.25) is 5.91 Å². The number of anilines is 2. The summed E-state index contributed by atoms with van der Waals surface area (Å²) in [7, 11) is -3.75. The van der Waals surface area contributed by atoms with Gasteiger partial charge in [-0.15, -0.1) is 0 Å². The molecule has 3 N–H and O–H groups in total. The van der Waals surface area contributed by atoms with Crippen LogP contribution in [-0.2, 0) is 21.4 Å². The highest BCUT2D eigenvalue weighted by molar-refractivity contribution is 7.90. The average Bonchev–Trinajstić information content (AvgIpc) is 2.93. The van der Waals surface area contributed by atoms with Gasteiger partial charge in [-0.25, -0.2) is 5.14 Å². The molecule has 1 amide bonds. The Morgan fingerprint density at radius 1 is 1.45 bits per heavy atom. The number of nitrogens with one attached hydrogen (secondary N) is 1. The number of carbonyl (C=O) groups excluding carboxylic acids is 1. The molecule has 108 valence electrons. The van der Waals surface area contributed by atoms with Crippen LogP contribution in [0.15, 0.2) is 18.2 Å². The standard InChI is InChI=1S/C13H17N3O3S/c1-8-6-11(8)13(17)15-10-3-2-9-4-5-16(12(9)7-10)20(14,18)19/h2-3,7-8,11H,4-6H2,1H3,(H,15,17)(H2,14,18,19)/t8-,11-/m1/s1. The van der Waals surface area contributed by atoms with Crippen molar-refractivity contribution < 1.29 is 13.2 Å². The highest BCUT2D eigenvalue weighted by atomic mass is 32.2. The van der Waals surface area contributed by atoms with Gasteiger partial charge in [-0.1, -0.05) is 13.0 Å². The Morgan fingerprint density at radius 2 is 2.15 bits per heavy atom. The second kappa shape index (κ2) is 4.46. The summed E-state index contributed by atoms with van der Waals surface area (Å²) in [6.07, 6.45) is 1.56. The van der Waals surface area contributed by atoms with Crippen LogP contribution in [0.25, 0.3) is 0 Å². The van der Waals surface area contributed by atoms with Crippen molar-refractivity contribution in [1.82, 2.24) is 0 Å². The summed E-state index contributed by atoms with van der Waals surface area (Å²) in [5.74, 6) is 0.514. The molecule has 0 spiro atoms. The number of nitrogens with two attached hydrogens (primary N) is 1. The fraction of sp³-hybridized carbons (Fsp3) is 0.462. The zero-order valence-corrected chi connectivity index (χ0v) is 12.0. The van der Waals surface area contributed by atoms with Gasteiger partial charge in [0.05, 0.1) is 5.69 Å². The van der Waals surface area contributed by atoms with Crippen LogP contribution in [0, 0.1) is 11.8 Å². The van der Waals surface area contributed by atoms with Gasteiger partial charge < -0.3 is 5.32 Å². The number of amides is 1. The highest BCUT2D eigenvalue weighted by Gasteiger charge is 2.39. The van der Waals surface area contributed by atoms with Crippen LogP contribution in [0.1, 0.15) is 18.9 Å². The molecule has 6 nitrogen and oxygen atoms in total. The van der Waals surface area contributed by atoms with Crippen LogP contribution in [0.5, 0.6) is 0 Å². The van der Waals surface area contributed by atoms with E-state index in [0.29, 0.717) is 30.3 Å². The quantitative estimate of drug-likeness (QED) is 0.865. The average molecular weight is 295 g/mol. The predicted molar refractivity (Wildman–Crippen MR) is 76.5 cm³/mol. The molecule has 3 rings (SSSR count). The zero-order chi connectivity index (χ0) is 14.5. The first-order chi connectivity index (χ1) is 9.36. The summed E-state index contributed by atoms with van der Waals surface area (Å²) >= 11 is 0. The molecule has 20 heavy (non-hydrogen) atoms. The molecule has 1 heterocycles. The Balaban J connectivity index is 1.84. The van der Waals surface area contributed by atoms with E-state index in [1.54, 1.807) is 12.1 Å². The van der Waals surface area contributed by atoms with Crippen LogP contribution >= 0.6 is 0 Å². The van der Waals surface area contributed by atoms with E-state index in [4.69, 9.17) is 5.14 Å². The monoisotopic (exact) mass is 295 g/mol. The first-order valence-electron chi connectivity index (χ1n) is 6.60. The van der Waals surface area contributed by atoms with Crippen molar-refractivity contribution in [1.29, 1.82) is 0 Å². The summed E-state index contributed by atoms with van der Waals surface area (Å²) in [4.78, 5) is 11.9. The first kappa shape index (κ1) is 13.4. The van der Waals surface area contributed by atoms with Crippen LogP contribution in [0.2, 0.25) is 0 Å². The van der Waals surface area contributed by atoms with Crippen molar-refractivity contribution in [2.75, 3.05) is 16.2 Å². The van der Waals surface area contributed by atoms with Crippen LogP contribution in [0.4, 0.5) is 11.4 Å². The molecular formula is C13H17N3O3S. The summed E-state index contributed by atoms with van der Waals surface area (Å²) in [6, 6.07) is 5.32. The van der Waals surface area contributed by atoms with Crippen LogP contribution < -0.4 is 14.8 Å². The number of carbonyl (C=O) groups is 1. The van der Waals surface area contributed by atoms with E-state index < -0.39 is 10.2 Å². The second-order valence-electron chi connectivity index (χ2n) is 5.52. The lowest BCUT2D eigenvalue weighted by Crippen LogP contribution is -2.35. The Bertz CT molecular complexity index is 671. The lowest BCUT2D eigenvalue weighted by molar-refractivity contribution is -0.117. The van der Waals surface area contributed by atoms with Crippen LogP contribution in [0.3, 0.4) is 0 Å². The van der Waals surface area contributed by atoms with Crippen molar-refractivity contribution in [2.45, 2.75) is 19.8 Å². The molecule has 1 aliphatic heterocycles. The van der Waals surface area contributed by atoms with Gasteiger partial charge in [0, 0.05) is 18.2 Å². The predicted octanol–water partition coefficient (Wildman–Crippen LogP) is 0.847. The van der Waals surface area contributed by atoms with E-state index in [1.165, 1.54) is 4.31 Å². The lowest BCUT2D eigenvalue weighted by atomic mass is 10.1. The zero-order valence-electron chi connectivity index (χ0n) is 11.2. The SMILES string of the molecule is C[C@@H]1C[C@H]1C(=O)Nc1ccc2c(c1)N(S(N)(=O)=O)CC2.